The fourth-order valence-electron chi connectivity index (χ4n) is 3.99. The second-order valence-corrected chi connectivity index (χ2v) is 7.90. The highest BCUT2D eigenvalue weighted by molar-refractivity contribution is 5.98. The molecule has 0 unspecified atom stereocenters. The smallest absolute Gasteiger partial charge is 0.318 e. The maximum absolute atomic E-state index is 13.1. The number of para-hydroxylation sites is 1. The number of urea groups is 1. The van der Waals surface area contributed by atoms with Gasteiger partial charge in [-0.25, -0.2) is 4.79 Å². The lowest BCUT2D eigenvalue weighted by Crippen LogP contribution is -2.67. The first kappa shape index (κ1) is 18.3. The molecule has 0 saturated carbocycles. The minimum Gasteiger partial charge on any atom is -0.378 e. The van der Waals surface area contributed by atoms with Gasteiger partial charge >= 0.3 is 6.03 Å². The third kappa shape index (κ3) is 3.53. The van der Waals surface area contributed by atoms with Gasteiger partial charge in [0.1, 0.15) is 6.04 Å². The molecule has 0 aliphatic carbocycles. The first-order valence-corrected chi connectivity index (χ1v) is 9.84. The van der Waals surface area contributed by atoms with Crippen LogP contribution in [0.15, 0.2) is 24.3 Å². The second kappa shape index (κ2) is 7.48. The Morgan fingerprint density at radius 3 is 2.74 bits per heavy atom. The van der Waals surface area contributed by atoms with Crippen LogP contribution < -0.4 is 10.6 Å². The van der Waals surface area contributed by atoms with Crippen molar-refractivity contribution in [2.45, 2.75) is 44.9 Å². The lowest BCUT2D eigenvalue weighted by atomic mass is 9.97. The van der Waals surface area contributed by atoms with Crippen LogP contribution in [0.5, 0.6) is 0 Å². The van der Waals surface area contributed by atoms with Crippen molar-refractivity contribution in [3.8, 4) is 0 Å². The van der Waals surface area contributed by atoms with Gasteiger partial charge in [0.25, 0.3) is 0 Å². The van der Waals surface area contributed by atoms with Crippen LogP contribution in [0, 0.1) is 5.92 Å². The van der Waals surface area contributed by atoms with Gasteiger partial charge in [0.2, 0.25) is 5.91 Å². The number of benzene rings is 1. The van der Waals surface area contributed by atoms with Crippen molar-refractivity contribution < 1.29 is 14.3 Å². The van der Waals surface area contributed by atoms with Gasteiger partial charge in [0.05, 0.1) is 31.8 Å². The van der Waals surface area contributed by atoms with Crippen molar-refractivity contribution in [1.29, 1.82) is 0 Å². The van der Waals surface area contributed by atoms with Crippen molar-refractivity contribution in [3.05, 3.63) is 29.8 Å². The molecule has 2 atom stereocenters. The van der Waals surface area contributed by atoms with Crippen molar-refractivity contribution in [3.63, 3.8) is 0 Å². The molecule has 146 valence electrons. The summed E-state index contributed by atoms with van der Waals surface area (Å²) in [5.41, 5.74) is 1.76. The molecule has 0 aromatic heterocycles. The molecular formula is C20H28N4O3. The highest BCUT2D eigenvalue weighted by Crippen LogP contribution is 2.27. The lowest BCUT2D eigenvalue weighted by Gasteiger charge is -2.48. The molecular weight excluding hydrogens is 344 g/mol. The minimum absolute atomic E-state index is 0.0788. The third-order valence-electron chi connectivity index (χ3n) is 6.04. The third-order valence-corrected chi connectivity index (χ3v) is 6.04. The number of nitrogens with zero attached hydrogens (tertiary/aromatic N) is 2. The molecule has 3 aliphatic rings. The van der Waals surface area contributed by atoms with E-state index in [0.29, 0.717) is 12.6 Å². The molecule has 2 saturated heterocycles. The summed E-state index contributed by atoms with van der Waals surface area (Å²) in [6, 6.07) is 7.72. The minimum atomic E-state index is -0.474. The maximum atomic E-state index is 13.1. The van der Waals surface area contributed by atoms with Crippen LogP contribution >= 0.6 is 0 Å². The van der Waals surface area contributed by atoms with E-state index in [0.717, 1.165) is 44.0 Å². The number of hydrogen-bond acceptors (Lipinski definition) is 4. The average molecular weight is 372 g/mol. The Bertz CT molecular complexity index is 715. The molecule has 2 fully saturated rings. The molecule has 4 rings (SSSR count). The Labute approximate surface area is 160 Å². The zero-order valence-corrected chi connectivity index (χ0v) is 16.0. The summed E-state index contributed by atoms with van der Waals surface area (Å²) in [4.78, 5) is 30.0. The van der Waals surface area contributed by atoms with E-state index in [4.69, 9.17) is 4.74 Å². The van der Waals surface area contributed by atoms with E-state index in [1.807, 2.05) is 31.2 Å². The lowest BCUT2D eigenvalue weighted by molar-refractivity contribution is -0.122. The summed E-state index contributed by atoms with van der Waals surface area (Å²) in [5.74, 6) is -0.0265. The maximum Gasteiger partial charge on any atom is 0.318 e. The Morgan fingerprint density at radius 1 is 1.33 bits per heavy atom. The van der Waals surface area contributed by atoms with Gasteiger partial charge in [-0.15, -0.1) is 0 Å². The van der Waals surface area contributed by atoms with E-state index >= 15 is 0 Å². The number of carbonyl (C=O) groups excluding carboxylic acids is 2. The number of fused-ring (bicyclic) bond motifs is 1. The Kier molecular flexibility index (Phi) is 5.06. The summed E-state index contributed by atoms with van der Waals surface area (Å²) < 4.78 is 5.23. The SMILES string of the molecule is CC[C@H](C)[C@H]1C(=O)Nc2ccccc2CN1C(=O)NC1CN(C2COC2)C1. The number of carbonyl (C=O) groups is 2. The molecule has 0 spiro atoms. The fraction of sp³-hybridized carbons (Fsp3) is 0.600. The number of ether oxygens (including phenoxy) is 1. The van der Waals surface area contributed by atoms with Gasteiger partial charge in [0, 0.05) is 18.8 Å². The molecule has 0 bridgehead atoms. The zero-order valence-electron chi connectivity index (χ0n) is 16.0. The number of amides is 3. The summed E-state index contributed by atoms with van der Waals surface area (Å²) in [7, 11) is 0. The van der Waals surface area contributed by atoms with Crippen LogP contribution in [0.3, 0.4) is 0 Å². The summed E-state index contributed by atoms with van der Waals surface area (Å²) in [6.45, 7) is 7.80. The van der Waals surface area contributed by atoms with Gasteiger partial charge in [0.15, 0.2) is 0 Å². The number of nitrogens with one attached hydrogen (secondary N) is 2. The largest absolute Gasteiger partial charge is 0.378 e. The molecule has 7 heteroatoms. The fourth-order valence-corrected chi connectivity index (χ4v) is 3.99. The molecule has 1 aromatic carbocycles. The normalized spacial score (nSPS) is 24.9. The van der Waals surface area contributed by atoms with E-state index in [9.17, 15) is 9.59 Å². The monoisotopic (exact) mass is 372 g/mol. The average Bonchev–Trinajstić information content (AvgIpc) is 2.73. The summed E-state index contributed by atoms with van der Waals surface area (Å²) in [5, 5.41) is 6.14. The van der Waals surface area contributed by atoms with Crippen LogP contribution in [0.1, 0.15) is 25.8 Å². The molecule has 1 aromatic rings. The first-order chi connectivity index (χ1) is 13.1. The predicted molar refractivity (Wildman–Crippen MR) is 102 cm³/mol. The predicted octanol–water partition coefficient (Wildman–Crippen LogP) is 1.65. The second-order valence-electron chi connectivity index (χ2n) is 7.90. The van der Waals surface area contributed by atoms with Crippen molar-refractivity contribution in [2.75, 3.05) is 31.6 Å². The zero-order chi connectivity index (χ0) is 19.0. The molecule has 0 radical (unpaired) electrons. The topological polar surface area (TPSA) is 73.9 Å². The highest BCUT2D eigenvalue weighted by Gasteiger charge is 2.40. The van der Waals surface area contributed by atoms with Crippen LogP contribution in [0.4, 0.5) is 10.5 Å². The van der Waals surface area contributed by atoms with E-state index in [-0.39, 0.29) is 23.9 Å². The molecule has 3 aliphatic heterocycles. The van der Waals surface area contributed by atoms with Crippen molar-refractivity contribution in [2.24, 2.45) is 5.92 Å². The highest BCUT2D eigenvalue weighted by atomic mass is 16.5. The van der Waals surface area contributed by atoms with Gasteiger partial charge < -0.3 is 20.3 Å². The van der Waals surface area contributed by atoms with Crippen LogP contribution in [-0.4, -0.2) is 66.2 Å². The Balaban J connectivity index is 1.48. The number of anilines is 1. The van der Waals surface area contributed by atoms with E-state index in [2.05, 4.69) is 22.5 Å². The van der Waals surface area contributed by atoms with E-state index < -0.39 is 6.04 Å². The standard InChI is InChI=1S/C20H28N4O3/c1-3-13(2)18-19(25)22-17-7-5-4-6-14(17)8-24(18)20(26)21-15-9-23(10-15)16-11-27-12-16/h4-7,13,15-16,18H,3,8-12H2,1-2H3,(H,21,26)(H,22,25)/t13-,18-/m0/s1. The Morgan fingerprint density at radius 2 is 2.07 bits per heavy atom. The number of hydrogen-bond donors (Lipinski definition) is 2. The summed E-state index contributed by atoms with van der Waals surface area (Å²) >= 11 is 0. The quantitative estimate of drug-likeness (QED) is 0.843. The van der Waals surface area contributed by atoms with Crippen molar-refractivity contribution in [1.82, 2.24) is 15.1 Å². The Hall–Kier alpha value is -2.12. The van der Waals surface area contributed by atoms with Crippen LogP contribution in [0.25, 0.3) is 0 Å². The van der Waals surface area contributed by atoms with Gasteiger partial charge in [-0.1, -0.05) is 38.5 Å². The van der Waals surface area contributed by atoms with Gasteiger partial charge in [-0.3, -0.25) is 9.69 Å². The van der Waals surface area contributed by atoms with Crippen LogP contribution in [0.2, 0.25) is 0 Å². The molecule has 3 heterocycles. The van der Waals surface area contributed by atoms with Crippen molar-refractivity contribution >= 4 is 17.6 Å². The van der Waals surface area contributed by atoms with Gasteiger partial charge in [-0.2, -0.15) is 0 Å². The van der Waals surface area contributed by atoms with Crippen LogP contribution in [-0.2, 0) is 16.1 Å². The van der Waals surface area contributed by atoms with E-state index in [1.54, 1.807) is 4.90 Å². The molecule has 2 N–H and O–H groups in total. The molecule has 7 nitrogen and oxygen atoms in total. The number of likely N-dealkylation sites (tertiary alicyclic amines) is 1. The van der Waals surface area contributed by atoms with E-state index in [1.165, 1.54) is 0 Å². The first-order valence-electron chi connectivity index (χ1n) is 9.84. The number of rotatable bonds is 4. The molecule has 3 amide bonds. The van der Waals surface area contributed by atoms with Gasteiger partial charge in [-0.05, 0) is 17.5 Å². The summed E-state index contributed by atoms with van der Waals surface area (Å²) in [6.07, 6.45) is 0.830. The molecule has 27 heavy (non-hydrogen) atoms.